The average Bonchev–Trinajstić information content (AvgIpc) is 3.48. The molecule has 0 saturated heterocycles. The van der Waals surface area contributed by atoms with Gasteiger partial charge in [-0.15, -0.1) is 0 Å². The smallest absolute Gasteiger partial charge is 0.271 e. The van der Waals surface area contributed by atoms with Crippen LogP contribution in [0, 0.1) is 11.3 Å². The van der Waals surface area contributed by atoms with Gasteiger partial charge in [0, 0.05) is 29.4 Å². The number of rotatable bonds is 10. The van der Waals surface area contributed by atoms with E-state index < -0.39 is 11.8 Å². The normalized spacial score (nSPS) is 14.1. The highest BCUT2D eigenvalue weighted by Gasteiger charge is 2.35. The predicted molar refractivity (Wildman–Crippen MR) is 171 cm³/mol. The summed E-state index contributed by atoms with van der Waals surface area (Å²) in [5, 5.41) is 15.2. The minimum absolute atomic E-state index is 0.0631. The number of methoxy groups -OCH3 is 2. The highest BCUT2D eigenvalue weighted by atomic mass is 35.5. The number of nitrogens with zero attached hydrogens (tertiary/aromatic N) is 4. The molecule has 3 aromatic carbocycles. The Bertz CT molecular complexity index is 1870. The molecule has 228 valence electrons. The van der Waals surface area contributed by atoms with Crippen LogP contribution in [0.25, 0.3) is 23.0 Å². The molecule has 1 aromatic heterocycles. The van der Waals surface area contributed by atoms with Crippen molar-refractivity contribution in [2.75, 3.05) is 27.4 Å². The maximum Gasteiger partial charge on any atom is 0.271 e. The van der Waals surface area contributed by atoms with Gasteiger partial charge in [0.05, 0.1) is 31.5 Å². The van der Waals surface area contributed by atoms with Crippen molar-refractivity contribution < 1.29 is 23.8 Å². The van der Waals surface area contributed by atoms with Gasteiger partial charge < -0.3 is 14.2 Å². The van der Waals surface area contributed by atoms with Crippen molar-refractivity contribution in [3.63, 3.8) is 0 Å². The Morgan fingerprint density at radius 3 is 2.36 bits per heavy atom. The quantitative estimate of drug-likeness (QED) is 0.148. The van der Waals surface area contributed by atoms with Crippen LogP contribution in [0.2, 0.25) is 5.02 Å². The van der Waals surface area contributed by atoms with Gasteiger partial charge in [-0.25, -0.2) is 4.68 Å². The van der Waals surface area contributed by atoms with Crippen molar-refractivity contribution in [3.05, 3.63) is 106 Å². The molecule has 0 aliphatic carbocycles. The van der Waals surface area contributed by atoms with E-state index >= 15 is 0 Å². The summed E-state index contributed by atoms with van der Waals surface area (Å²) in [7, 11) is 3.09. The van der Waals surface area contributed by atoms with Crippen LogP contribution in [0.15, 0.2) is 89.6 Å². The number of ether oxygens (including phenoxy) is 3. The highest BCUT2D eigenvalue weighted by Crippen LogP contribution is 2.35. The zero-order chi connectivity index (χ0) is 32.1. The lowest BCUT2D eigenvalue weighted by Gasteiger charge is -2.27. The first kappa shape index (κ1) is 31.1. The summed E-state index contributed by atoms with van der Waals surface area (Å²) in [6, 6.07) is 22.4. The van der Waals surface area contributed by atoms with Gasteiger partial charge in [-0.3, -0.25) is 14.5 Å². The molecular formula is C35H31ClN4O5. The van der Waals surface area contributed by atoms with Gasteiger partial charge in [-0.1, -0.05) is 35.9 Å². The van der Waals surface area contributed by atoms with E-state index in [1.807, 2.05) is 55.5 Å². The average molecular weight is 623 g/mol. The van der Waals surface area contributed by atoms with Gasteiger partial charge in [-0.2, -0.15) is 10.4 Å². The van der Waals surface area contributed by atoms with Crippen molar-refractivity contribution in [1.29, 1.82) is 5.26 Å². The number of imide groups is 1. The molecule has 2 heterocycles. The van der Waals surface area contributed by atoms with Crippen LogP contribution in [0.3, 0.4) is 0 Å². The first-order chi connectivity index (χ1) is 21.8. The second-order valence-electron chi connectivity index (χ2n) is 10.2. The first-order valence-corrected chi connectivity index (χ1v) is 14.6. The fourth-order valence-electron chi connectivity index (χ4n) is 5.12. The van der Waals surface area contributed by atoms with Gasteiger partial charge in [0.25, 0.3) is 11.8 Å². The summed E-state index contributed by atoms with van der Waals surface area (Å²) in [5.74, 6) is 0.533. The van der Waals surface area contributed by atoms with E-state index in [0.29, 0.717) is 57.7 Å². The molecule has 0 spiro atoms. The van der Waals surface area contributed by atoms with Crippen molar-refractivity contribution in [2.45, 2.75) is 20.3 Å². The monoisotopic (exact) mass is 622 g/mol. The number of nitriles is 1. The number of carbonyl (C=O) groups is 2. The van der Waals surface area contributed by atoms with Gasteiger partial charge in [0.15, 0.2) is 11.5 Å². The van der Waals surface area contributed by atoms with Crippen LogP contribution in [-0.2, 0) is 16.0 Å². The molecule has 0 saturated carbocycles. The number of para-hydroxylation sites is 1. The zero-order valence-electron chi connectivity index (χ0n) is 25.3. The largest absolute Gasteiger partial charge is 0.493 e. The topological polar surface area (TPSA) is 107 Å². The Balaban J connectivity index is 1.57. The number of hydrogen-bond acceptors (Lipinski definition) is 7. The van der Waals surface area contributed by atoms with E-state index in [2.05, 4.69) is 0 Å². The molecule has 4 aromatic rings. The molecule has 0 radical (unpaired) electrons. The molecule has 0 N–H and O–H groups in total. The Morgan fingerprint density at radius 2 is 1.69 bits per heavy atom. The zero-order valence-corrected chi connectivity index (χ0v) is 26.1. The molecule has 1 aliphatic heterocycles. The number of carbonyl (C=O) groups excluding carboxylic acids is 2. The molecule has 1 aliphatic rings. The van der Waals surface area contributed by atoms with Gasteiger partial charge >= 0.3 is 0 Å². The summed E-state index contributed by atoms with van der Waals surface area (Å²) < 4.78 is 18.0. The molecule has 0 fully saturated rings. The van der Waals surface area contributed by atoms with E-state index in [-0.39, 0.29) is 17.7 Å². The number of benzene rings is 3. The SMILES string of the molecule is CCOc1ccc(-c2nn(-c3ccccc3)cc2/C=C2/C(=O)N(CCc3ccc(OC)c(OC)c3)C(=O)C(C#N)=C2C)cc1Cl. The standard InChI is InChI=1S/C35H31ClN4O5/c1-5-45-30-14-12-24(19-29(30)36)33-25(21-40(38-33)26-9-7-6-8-10-26)18-27-22(2)28(20-37)35(42)39(34(27)41)16-15-23-11-13-31(43-3)32(17-23)44-4/h6-14,17-19,21H,5,15-16H2,1-4H3/b27-18+. The van der Waals surface area contributed by atoms with E-state index in [4.69, 9.17) is 30.9 Å². The lowest BCUT2D eigenvalue weighted by molar-refractivity contribution is -0.140. The summed E-state index contributed by atoms with van der Waals surface area (Å²) in [6.45, 7) is 4.02. The van der Waals surface area contributed by atoms with E-state index in [9.17, 15) is 14.9 Å². The maximum atomic E-state index is 13.9. The Hall–Kier alpha value is -5.33. The Morgan fingerprint density at radius 1 is 0.956 bits per heavy atom. The summed E-state index contributed by atoms with van der Waals surface area (Å²) in [5.41, 5.74) is 3.96. The van der Waals surface area contributed by atoms with Crippen LogP contribution >= 0.6 is 11.6 Å². The Labute approximate surface area is 266 Å². The molecule has 10 heteroatoms. The lowest BCUT2D eigenvalue weighted by Crippen LogP contribution is -2.43. The van der Waals surface area contributed by atoms with Crippen LogP contribution in [0.1, 0.15) is 25.0 Å². The number of hydrogen-bond donors (Lipinski definition) is 0. The van der Waals surface area contributed by atoms with Crippen LogP contribution in [0.4, 0.5) is 0 Å². The third-order valence-electron chi connectivity index (χ3n) is 7.47. The van der Waals surface area contributed by atoms with Crippen molar-refractivity contribution >= 4 is 29.5 Å². The number of halogens is 1. The minimum atomic E-state index is -0.629. The third kappa shape index (κ3) is 6.33. The van der Waals surface area contributed by atoms with E-state index in [1.54, 1.807) is 62.4 Å². The van der Waals surface area contributed by atoms with Crippen molar-refractivity contribution in [1.82, 2.24) is 14.7 Å². The van der Waals surface area contributed by atoms with Crippen molar-refractivity contribution in [2.24, 2.45) is 0 Å². The first-order valence-electron chi connectivity index (χ1n) is 14.3. The minimum Gasteiger partial charge on any atom is -0.493 e. The second-order valence-corrected chi connectivity index (χ2v) is 10.6. The number of aromatic nitrogens is 2. The maximum absolute atomic E-state index is 13.9. The van der Waals surface area contributed by atoms with E-state index in [0.717, 1.165) is 16.2 Å². The molecule has 9 nitrogen and oxygen atoms in total. The predicted octanol–water partition coefficient (Wildman–Crippen LogP) is 6.44. The molecule has 0 atom stereocenters. The lowest BCUT2D eigenvalue weighted by atomic mass is 9.93. The summed E-state index contributed by atoms with van der Waals surface area (Å²) in [6.07, 6.45) is 3.83. The molecular weight excluding hydrogens is 592 g/mol. The number of amides is 2. The van der Waals surface area contributed by atoms with Crippen LogP contribution in [0.5, 0.6) is 17.2 Å². The molecule has 0 unspecified atom stereocenters. The third-order valence-corrected chi connectivity index (χ3v) is 7.76. The van der Waals surface area contributed by atoms with Gasteiger partial charge in [0.2, 0.25) is 0 Å². The second kappa shape index (κ2) is 13.5. The van der Waals surface area contributed by atoms with Gasteiger partial charge in [-0.05, 0) is 79.9 Å². The molecule has 5 rings (SSSR count). The Kier molecular flexibility index (Phi) is 9.36. The fraction of sp³-hybridized carbons (Fsp3) is 0.200. The highest BCUT2D eigenvalue weighted by molar-refractivity contribution is 6.32. The molecule has 2 amide bonds. The van der Waals surface area contributed by atoms with Crippen LogP contribution in [-0.4, -0.2) is 53.9 Å². The van der Waals surface area contributed by atoms with E-state index in [1.165, 1.54) is 0 Å². The summed E-state index contributed by atoms with van der Waals surface area (Å²) in [4.78, 5) is 28.4. The molecule has 0 bridgehead atoms. The summed E-state index contributed by atoms with van der Waals surface area (Å²) >= 11 is 6.54. The molecule has 45 heavy (non-hydrogen) atoms. The van der Waals surface area contributed by atoms with Crippen LogP contribution < -0.4 is 14.2 Å². The van der Waals surface area contributed by atoms with Gasteiger partial charge in [0.1, 0.15) is 23.1 Å². The fourth-order valence-corrected chi connectivity index (χ4v) is 5.35. The van der Waals surface area contributed by atoms with Crippen molar-refractivity contribution in [3.8, 4) is 40.3 Å².